The lowest BCUT2D eigenvalue weighted by atomic mass is 10.1. The molecule has 68 valence electrons. The zero-order chi connectivity index (χ0) is 9.68. The Bertz CT molecular complexity index is 326. The van der Waals surface area contributed by atoms with Crippen LogP contribution < -0.4 is 0 Å². The molecular weight excluding hydrogens is 177 g/mol. The van der Waals surface area contributed by atoms with Crippen molar-refractivity contribution >= 4 is 0 Å². The molecule has 0 unspecified atom stereocenters. The first-order chi connectivity index (χ1) is 6.22. The summed E-state index contributed by atoms with van der Waals surface area (Å²) in [5, 5.41) is 0. The van der Waals surface area contributed by atoms with Gasteiger partial charge in [0.15, 0.2) is 5.83 Å². The summed E-state index contributed by atoms with van der Waals surface area (Å²) in [7, 11) is 0. The highest BCUT2D eigenvalue weighted by Crippen LogP contribution is 2.20. The maximum Gasteiger partial charge on any atom is 0.306 e. The predicted molar refractivity (Wildman–Crippen MR) is 45.9 cm³/mol. The van der Waals surface area contributed by atoms with Gasteiger partial charge in [-0.3, -0.25) is 0 Å². The van der Waals surface area contributed by atoms with Gasteiger partial charge in [-0.1, -0.05) is 42.5 Å². The largest absolute Gasteiger partial charge is 0.306 e. The zero-order valence-corrected chi connectivity index (χ0v) is 6.68. The first-order valence-corrected chi connectivity index (χ1v) is 3.64. The lowest BCUT2D eigenvalue weighted by Gasteiger charge is -1.96. The molecule has 0 saturated carbocycles. The van der Waals surface area contributed by atoms with Crippen LogP contribution in [0.3, 0.4) is 0 Å². The average molecular weight is 184 g/mol. The second-order valence-electron chi connectivity index (χ2n) is 2.33. The third-order valence-electron chi connectivity index (χ3n) is 1.42. The normalized spacial score (nSPS) is 26.2. The predicted octanol–water partition coefficient (Wildman–Crippen LogP) is 3.67. The number of allylic oxidation sites excluding steroid dienone is 9. The first kappa shape index (κ1) is 9.58. The van der Waals surface area contributed by atoms with Gasteiger partial charge in [0.25, 0.3) is 0 Å². The molecule has 13 heavy (non-hydrogen) atoms. The van der Waals surface area contributed by atoms with Crippen LogP contribution in [0.25, 0.3) is 0 Å². The number of halogens is 3. The summed E-state index contributed by atoms with van der Waals surface area (Å²) in [4.78, 5) is 0. The molecule has 0 heterocycles. The molecule has 0 fully saturated rings. The minimum absolute atomic E-state index is 0.124. The topological polar surface area (TPSA) is 0 Å². The molecular formula is C10H7F3. The molecule has 0 N–H and O–H groups in total. The molecule has 0 aliphatic heterocycles. The van der Waals surface area contributed by atoms with Crippen molar-refractivity contribution in [3.05, 3.63) is 60.0 Å². The summed E-state index contributed by atoms with van der Waals surface area (Å²) >= 11 is 0. The van der Waals surface area contributed by atoms with Crippen molar-refractivity contribution in [1.82, 2.24) is 0 Å². The minimum atomic E-state index is -2.30. The first-order valence-electron chi connectivity index (χ1n) is 3.64. The van der Waals surface area contributed by atoms with Crippen LogP contribution in [0.2, 0.25) is 0 Å². The highest BCUT2D eigenvalue weighted by Gasteiger charge is 2.07. The summed E-state index contributed by atoms with van der Waals surface area (Å²) in [6.45, 7) is 0. The molecule has 1 aliphatic rings. The summed E-state index contributed by atoms with van der Waals surface area (Å²) < 4.78 is 36.3. The Kier molecular flexibility index (Phi) is 3.31. The van der Waals surface area contributed by atoms with E-state index in [1.807, 2.05) is 0 Å². The summed E-state index contributed by atoms with van der Waals surface area (Å²) in [6.07, 6.45) is 8.25. The van der Waals surface area contributed by atoms with Crippen molar-refractivity contribution in [3.8, 4) is 0 Å². The number of hydrogen-bond donors (Lipinski definition) is 0. The average Bonchev–Trinajstić information content (AvgIpc) is 2.02. The number of rotatable bonds is 1. The highest BCUT2D eigenvalue weighted by molar-refractivity contribution is 5.41. The van der Waals surface area contributed by atoms with Crippen molar-refractivity contribution in [3.63, 3.8) is 0 Å². The summed E-state index contributed by atoms with van der Waals surface area (Å²) in [5.74, 6) is -1.48. The third-order valence-corrected chi connectivity index (χ3v) is 1.42. The Morgan fingerprint density at radius 3 is 2.15 bits per heavy atom. The van der Waals surface area contributed by atoms with Gasteiger partial charge in [0.05, 0.1) is 0 Å². The van der Waals surface area contributed by atoms with Crippen LogP contribution in [-0.2, 0) is 0 Å². The Labute approximate surface area is 74.1 Å². The molecule has 0 aromatic carbocycles. The molecule has 0 radical (unpaired) electrons. The van der Waals surface area contributed by atoms with E-state index in [0.717, 1.165) is 0 Å². The van der Waals surface area contributed by atoms with E-state index >= 15 is 0 Å². The lowest BCUT2D eigenvalue weighted by Crippen LogP contribution is -1.81. The van der Waals surface area contributed by atoms with Crippen molar-refractivity contribution < 1.29 is 13.2 Å². The van der Waals surface area contributed by atoms with Gasteiger partial charge in [0, 0.05) is 5.57 Å². The maximum atomic E-state index is 12.7. The molecule has 0 aromatic rings. The van der Waals surface area contributed by atoms with Gasteiger partial charge >= 0.3 is 6.08 Å². The van der Waals surface area contributed by atoms with Crippen LogP contribution in [0.5, 0.6) is 0 Å². The second-order valence-corrected chi connectivity index (χ2v) is 2.33. The lowest BCUT2D eigenvalue weighted by molar-refractivity contribution is 0.385. The van der Waals surface area contributed by atoms with Gasteiger partial charge in [-0.2, -0.15) is 8.78 Å². The molecule has 0 aromatic heterocycles. The van der Waals surface area contributed by atoms with E-state index in [4.69, 9.17) is 0 Å². The summed E-state index contributed by atoms with van der Waals surface area (Å²) in [5.41, 5.74) is -0.124. The van der Waals surface area contributed by atoms with Crippen LogP contribution in [0.15, 0.2) is 60.0 Å². The Balaban J connectivity index is 2.98. The third kappa shape index (κ3) is 2.78. The molecule has 0 saturated heterocycles. The van der Waals surface area contributed by atoms with Gasteiger partial charge in [0.2, 0.25) is 0 Å². The monoisotopic (exact) mass is 184 g/mol. The quantitative estimate of drug-likeness (QED) is 0.583. The van der Waals surface area contributed by atoms with Crippen LogP contribution >= 0.6 is 0 Å². The maximum absolute atomic E-state index is 12.7. The van der Waals surface area contributed by atoms with Crippen LogP contribution in [0.1, 0.15) is 0 Å². The Morgan fingerprint density at radius 2 is 1.46 bits per heavy atom. The zero-order valence-electron chi connectivity index (χ0n) is 6.68. The standard InChI is InChI=1S/C10H7F3/c11-9(10(12)13)8-6-4-2-1-3-5-7-8/h1-7H/b2-1-,3-1?,4-2?,5-3-,6-4-,7-5?,8-6?,8-7+. The van der Waals surface area contributed by atoms with Crippen molar-refractivity contribution in [2.45, 2.75) is 0 Å². The van der Waals surface area contributed by atoms with E-state index in [1.165, 1.54) is 24.3 Å². The van der Waals surface area contributed by atoms with E-state index < -0.39 is 11.9 Å². The second kappa shape index (κ2) is 4.50. The molecule has 1 aliphatic carbocycles. The SMILES string of the molecule is FC(F)=C(F)C1=C/C=C\C=C/C=C\1. The van der Waals surface area contributed by atoms with Crippen molar-refractivity contribution in [2.75, 3.05) is 0 Å². The van der Waals surface area contributed by atoms with Gasteiger partial charge in [0.1, 0.15) is 0 Å². The molecule has 0 spiro atoms. The van der Waals surface area contributed by atoms with Gasteiger partial charge in [-0.15, -0.1) is 0 Å². The highest BCUT2D eigenvalue weighted by atomic mass is 19.3. The van der Waals surface area contributed by atoms with E-state index in [9.17, 15) is 13.2 Å². The van der Waals surface area contributed by atoms with Crippen LogP contribution in [0.4, 0.5) is 13.2 Å². The van der Waals surface area contributed by atoms with E-state index in [2.05, 4.69) is 0 Å². The molecule has 0 amide bonds. The van der Waals surface area contributed by atoms with Gasteiger partial charge < -0.3 is 0 Å². The molecule has 0 nitrogen and oxygen atoms in total. The minimum Gasteiger partial charge on any atom is -0.200 e. The molecule has 3 heteroatoms. The van der Waals surface area contributed by atoms with Crippen LogP contribution in [0, 0.1) is 0 Å². The Morgan fingerprint density at radius 1 is 0.846 bits per heavy atom. The fourth-order valence-electron chi connectivity index (χ4n) is 0.822. The van der Waals surface area contributed by atoms with Crippen LogP contribution in [-0.4, -0.2) is 0 Å². The fraction of sp³-hybridized carbons (Fsp3) is 0. The van der Waals surface area contributed by atoms with E-state index in [-0.39, 0.29) is 5.57 Å². The van der Waals surface area contributed by atoms with Gasteiger partial charge in [-0.05, 0) is 0 Å². The van der Waals surface area contributed by atoms with Gasteiger partial charge in [-0.25, -0.2) is 4.39 Å². The summed E-state index contributed by atoms with van der Waals surface area (Å²) in [6, 6.07) is 0. The smallest absolute Gasteiger partial charge is 0.200 e. The fourth-order valence-corrected chi connectivity index (χ4v) is 0.822. The van der Waals surface area contributed by atoms with E-state index in [1.54, 1.807) is 18.2 Å². The molecule has 1 rings (SSSR count). The van der Waals surface area contributed by atoms with Crippen molar-refractivity contribution in [1.29, 1.82) is 0 Å². The molecule has 0 atom stereocenters. The number of hydrogen-bond acceptors (Lipinski definition) is 0. The molecule has 0 bridgehead atoms. The Hall–Kier alpha value is -1.51. The van der Waals surface area contributed by atoms with E-state index in [0.29, 0.717) is 0 Å². The van der Waals surface area contributed by atoms with Crippen molar-refractivity contribution in [2.24, 2.45) is 0 Å².